The SMILES string of the molecule is O=C(COC(=O)c1ccc(Cn2cccn2)o1)Nc1cccc(Cl)c1. The van der Waals surface area contributed by atoms with Crippen LogP contribution in [-0.4, -0.2) is 28.3 Å². The molecule has 1 amide bonds. The number of amides is 1. The molecular weight excluding hydrogens is 346 g/mol. The topological polar surface area (TPSA) is 86.4 Å². The molecule has 0 saturated carbocycles. The molecule has 0 aliphatic carbocycles. The van der Waals surface area contributed by atoms with Crippen LogP contribution in [0.2, 0.25) is 5.02 Å². The van der Waals surface area contributed by atoms with Crippen molar-refractivity contribution in [1.29, 1.82) is 0 Å². The minimum Gasteiger partial charge on any atom is -0.452 e. The van der Waals surface area contributed by atoms with Gasteiger partial charge in [0.15, 0.2) is 6.61 Å². The monoisotopic (exact) mass is 359 g/mol. The van der Waals surface area contributed by atoms with Crippen LogP contribution in [0.3, 0.4) is 0 Å². The standard InChI is InChI=1S/C17H14ClN3O4/c18-12-3-1-4-13(9-12)20-16(22)11-24-17(23)15-6-5-14(25-15)10-21-8-2-7-19-21/h1-9H,10-11H2,(H,20,22). The smallest absolute Gasteiger partial charge is 0.374 e. The number of halogens is 1. The molecule has 3 aromatic rings. The first-order chi connectivity index (χ1) is 12.1. The number of nitrogens with zero attached hydrogens (tertiary/aromatic N) is 2. The molecule has 7 nitrogen and oxygen atoms in total. The molecule has 0 aliphatic rings. The second kappa shape index (κ2) is 7.67. The summed E-state index contributed by atoms with van der Waals surface area (Å²) in [6.07, 6.45) is 3.43. The molecule has 0 atom stereocenters. The molecule has 3 rings (SSSR count). The highest BCUT2D eigenvalue weighted by molar-refractivity contribution is 6.30. The van der Waals surface area contributed by atoms with Gasteiger partial charge in [-0.25, -0.2) is 4.79 Å². The fourth-order valence-electron chi connectivity index (χ4n) is 2.09. The summed E-state index contributed by atoms with van der Waals surface area (Å²) in [5.41, 5.74) is 0.521. The van der Waals surface area contributed by atoms with E-state index in [2.05, 4.69) is 10.4 Å². The minimum absolute atomic E-state index is 0.0257. The third-order valence-corrected chi connectivity index (χ3v) is 3.42. The van der Waals surface area contributed by atoms with E-state index in [1.165, 1.54) is 6.07 Å². The number of anilines is 1. The fraction of sp³-hybridized carbons (Fsp3) is 0.118. The van der Waals surface area contributed by atoms with Crippen molar-refractivity contribution in [2.24, 2.45) is 0 Å². The van der Waals surface area contributed by atoms with Crippen LogP contribution in [0.15, 0.2) is 59.3 Å². The van der Waals surface area contributed by atoms with E-state index in [0.29, 0.717) is 23.0 Å². The predicted octanol–water partition coefficient (Wildman–Crippen LogP) is 2.97. The van der Waals surface area contributed by atoms with Gasteiger partial charge in [0.1, 0.15) is 5.76 Å². The summed E-state index contributed by atoms with van der Waals surface area (Å²) in [6.45, 7) is -0.0317. The normalized spacial score (nSPS) is 10.4. The van der Waals surface area contributed by atoms with E-state index in [9.17, 15) is 9.59 Å². The largest absolute Gasteiger partial charge is 0.452 e. The number of benzene rings is 1. The quantitative estimate of drug-likeness (QED) is 0.684. The first-order valence-corrected chi connectivity index (χ1v) is 7.76. The van der Waals surface area contributed by atoms with Crippen molar-refractivity contribution in [3.05, 3.63) is 71.4 Å². The zero-order valence-electron chi connectivity index (χ0n) is 13.0. The van der Waals surface area contributed by atoms with Gasteiger partial charge in [-0.1, -0.05) is 17.7 Å². The second-order valence-corrected chi connectivity index (χ2v) is 5.54. The Bertz CT molecular complexity index is 874. The summed E-state index contributed by atoms with van der Waals surface area (Å²) in [7, 11) is 0. The number of hydrogen-bond donors (Lipinski definition) is 1. The van der Waals surface area contributed by atoms with E-state index in [0.717, 1.165) is 0 Å². The summed E-state index contributed by atoms with van der Waals surface area (Å²) in [5, 5.41) is 7.13. The molecule has 1 aromatic carbocycles. The Labute approximate surface area is 148 Å². The van der Waals surface area contributed by atoms with E-state index in [4.69, 9.17) is 20.8 Å². The average molecular weight is 360 g/mol. The Morgan fingerprint density at radius 3 is 2.88 bits per heavy atom. The van der Waals surface area contributed by atoms with E-state index in [1.54, 1.807) is 53.5 Å². The van der Waals surface area contributed by atoms with Crippen LogP contribution >= 0.6 is 11.6 Å². The van der Waals surface area contributed by atoms with E-state index < -0.39 is 18.5 Å². The van der Waals surface area contributed by atoms with Crippen LogP contribution in [0, 0.1) is 0 Å². The Morgan fingerprint density at radius 2 is 2.12 bits per heavy atom. The number of carbonyl (C=O) groups excluding carboxylic acids is 2. The number of carbonyl (C=O) groups is 2. The van der Waals surface area contributed by atoms with E-state index >= 15 is 0 Å². The molecular formula is C17H14ClN3O4. The van der Waals surface area contributed by atoms with Gasteiger partial charge >= 0.3 is 5.97 Å². The molecule has 2 aromatic heterocycles. The molecule has 25 heavy (non-hydrogen) atoms. The number of ether oxygens (including phenoxy) is 1. The minimum atomic E-state index is -0.715. The second-order valence-electron chi connectivity index (χ2n) is 5.10. The molecule has 0 fully saturated rings. The van der Waals surface area contributed by atoms with Crippen molar-refractivity contribution < 1.29 is 18.7 Å². The average Bonchev–Trinajstić information content (AvgIpc) is 3.25. The van der Waals surface area contributed by atoms with Gasteiger partial charge in [-0.05, 0) is 36.4 Å². The van der Waals surface area contributed by atoms with Crippen LogP contribution in [0.5, 0.6) is 0 Å². The predicted molar refractivity (Wildman–Crippen MR) is 90.4 cm³/mol. The number of esters is 1. The molecule has 2 heterocycles. The molecule has 0 saturated heterocycles. The highest BCUT2D eigenvalue weighted by Gasteiger charge is 2.15. The van der Waals surface area contributed by atoms with Crippen LogP contribution in [-0.2, 0) is 16.1 Å². The molecule has 8 heteroatoms. The van der Waals surface area contributed by atoms with Gasteiger partial charge < -0.3 is 14.5 Å². The summed E-state index contributed by atoms with van der Waals surface area (Å²) >= 11 is 5.83. The van der Waals surface area contributed by atoms with E-state index in [1.807, 2.05) is 0 Å². The van der Waals surface area contributed by atoms with Crippen LogP contribution in [0.1, 0.15) is 16.3 Å². The lowest BCUT2D eigenvalue weighted by Gasteiger charge is -2.06. The zero-order valence-corrected chi connectivity index (χ0v) is 13.8. The number of hydrogen-bond acceptors (Lipinski definition) is 5. The van der Waals surface area contributed by atoms with Crippen molar-refractivity contribution in [3.63, 3.8) is 0 Å². The Kier molecular flexibility index (Phi) is 5.15. The lowest BCUT2D eigenvalue weighted by Crippen LogP contribution is -2.20. The number of aromatic nitrogens is 2. The van der Waals surface area contributed by atoms with Crippen molar-refractivity contribution in [2.45, 2.75) is 6.54 Å². The highest BCUT2D eigenvalue weighted by atomic mass is 35.5. The first kappa shape index (κ1) is 16.8. The number of rotatable bonds is 6. The molecule has 0 unspecified atom stereocenters. The van der Waals surface area contributed by atoms with Crippen molar-refractivity contribution in [3.8, 4) is 0 Å². The highest BCUT2D eigenvalue weighted by Crippen LogP contribution is 2.15. The summed E-state index contributed by atoms with van der Waals surface area (Å²) in [6, 6.07) is 11.6. The lowest BCUT2D eigenvalue weighted by molar-refractivity contribution is -0.119. The molecule has 1 N–H and O–H groups in total. The maximum Gasteiger partial charge on any atom is 0.374 e. The Hall–Kier alpha value is -3.06. The first-order valence-electron chi connectivity index (χ1n) is 7.39. The number of furan rings is 1. The van der Waals surface area contributed by atoms with Crippen LogP contribution in [0.4, 0.5) is 5.69 Å². The van der Waals surface area contributed by atoms with Gasteiger partial charge in [-0.2, -0.15) is 5.10 Å². The van der Waals surface area contributed by atoms with Crippen LogP contribution < -0.4 is 5.32 Å². The lowest BCUT2D eigenvalue weighted by atomic mass is 10.3. The van der Waals surface area contributed by atoms with Gasteiger partial charge in [0.2, 0.25) is 5.76 Å². The Balaban J connectivity index is 1.50. The van der Waals surface area contributed by atoms with Gasteiger partial charge in [-0.15, -0.1) is 0 Å². The van der Waals surface area contributed by atoms with Gasteiger partial charge in [0.25, 0.3) is 5.91 Å². The molecule has 128 valence electrons. The molecule has 0 bridgehead atoms. The summed E-state index contributed by atoms with van der Waals surface area (Å²) < 4.78 is 12.0. The van der Waals surface area contributed by atoms with Crippen molar-refractivity contribution >= 4 is 29.2 Å². The number of nitrogens with one attached hydrogen (secondary N) is 1. The van der Waals surface area contributed by atoms with Crippen molar-refractivity contribution in [1.82, 2.24) is 9.78 Å². The van der Waals surface area contributed by atoms with E-state index in [-0.39, 0.29) is 5.76 Å². The maximum atomic E-state index is 11.9. The molecule has 0 radical (unpaired) electrons. The van der Waals surface area contributed by atoms with Gasteiger partial charge in [-0.3, -0.25) is 9.48 Å². The van der Waals surface area contributed by atoms with Gasteiger partial charge in [0.05, 0.1) is 6.54 Å². The summed E-state index contributed by atoms with van der Waals surface area (Å²) in [5.74, 6) is -0.608. The third kappa shape index (κ3) is 4.71. The zero-order chi connectivity index (χ0) is 17.6. The van der Waals surface area contributed by atoms with Crippen LogP contribution in [0.25, 0.3) is 0 Å². The third-order valence-electron chi connectivity index (χ3n) is 3.18. The van der Waals surface area contributed by atoms with Crippen molar-refractivity contribution in [2.75, 3.05) is 11.9 Å². The fourth-order valence-corrected chi connectivity index (χ4v) is 2.28. The molecule has 0 aliphatic heterocycles. The van der Waals surface area contributed by atoms with Gasteiger partial charge in [0, 0.05) is 23.1 Å². The molecule has 0 spiro atoms. The maximum absolute atomic E-state index is 11.9. The summed E-state index contributed by atoms with van der Waals surface area (Å²) in [4.78, 5) is 23.7. The Morgan fingerprint density at radius 1 is 1.24 bits per heavy atom.